The Morgan fingerprint density at radius 3 is 2.32 bits per heavy atom. The molecule has 3 nitrogen and oxygen atoms in total. The first-order chi connectivity index (χ1) is 10.7. The van der Waals surface area contributed by atoms with Gasteiger partial charge in [-0.15, -0.1) is 0 Å². The van der Waals surface area contributed by atoms with Gasteiger partial charge >= 0.3 is 0 Å². The highest BCUT2D eigenvalue weighted by Gasteiger charge is 2.02. The first-order valence-electron chi connectivity index (χ1n) is 7.01. The van der Waals surface area contributed by atoms with Crippen molar-refractivity contribution in [3.63, 3.8) is 0 Å². The molecule has 0 spiro atoms. The monoisotopic (exact) mass is 296 g/mol. The molecule has 0 bridgehead atoms. The van der Waals surface area contributed by atoms with E-state index >= 15 is 0 Å². The van der Waals surface area contributed by atoms with Crippen LogP contribution in [0.25, 0.3) is 11.6 Å². The number of benzene rings is 2. The smallest absolute Gasteiger partial charge is 0.161 e. The average molecular weight is 296 g/mol. The Morgan fingerprint density at radius 2 is 1.64 bits per heavy atom. The molecule has 0 aliphatic rings. The van der Waals surface area contributed by atoms with E-state index in [9.17, 15) is 0 Å². The number of allylic oxidation sites excluding steroid dienone is 1. The summed E-state index contributed by atoms with van der Waals surface area (Å²) in [6, 6.07) is 15.8. The lowest BCUT2D eigenvalue weighted by Gasteiger charge is -2.07. The highest BCUT2D eigenvalue weighted by atomic mass is 16.5. The van der Waals surface area contributed by atoms with Crippen LogP contribution < -0.4 is 9.47 Å². The van der Waals surface area contributed by atoms with Gasteiger partial charge in [0.15, 0.2) is 11.5 Å². The van der Waals surface area contributed by atoms with Crippen LogP contribution in [0, 0.1) is 0 Å². The van der Waals surface area contributed by atoms with Gasteiger partial charge in [0.2, 0.25) is 0 Å². The molecule has 0 aliphatic carbocycles. The van der Waals surface area contributed by atoms with Crippen molar-refractivity contribution >= 4 is 11.6 Å². The van der Waals surface area contributed by atoms with E-state index in [0.717, 1.165) is 16.7 Å². The number of rotatable bonds is 6. The normalized spacial score (nSPS) is 11.5. The Bertz CT molecular complexity index is 658. The molecule has 0 saturated carbocycles. The van der Waals surface area contributed by atoms with Gasteiger partial charge in [-0.05, 0) is 41.8 Å². The third kappa shape index (κ3) is 4.16. The van der Waals surface area contributed by atoms with Crippen LogP contribution >= 0.6 is 0 Å². The van der Waals surface area contributed by atoms with Crippen molar-refractivity contribution in [3.05, 3.63) is 72.2 Å². The van der Waals surface area contributed by atoms with Crippen molar-refractivity contribution in [1.82, 2.24) is 0 Å². The summed E-state index contributed by atoms with van der Waals surface area (Å²) in [7, 11) is 3.24. The van der Waals surface area contributed by atoms with Crippen molar-refractivity contribution in [2.75, 3.05) is 14.2 Å². The van der Waals surface area contributed by atoms with Crippen molar-refractivity contribution in [2.45, 2.75) is 6.92 Å². The minimum absolute atomic E-state index is 0.695. The second-order valence-electron chi connectivity index (χ2n) is 4.72. The topological polar surface area (TPSA) is 27.7 Å². The van der Waals surface area contributed by atoms with Gasteiger partial charge in [0.1, 0.15) is 0 Å². The highest BCUT2D eigenvalue weighted by molar-refractivity contribution is 5.62. The molecule has 0 fully saturated rings. The SMILES string of the molecule is COc1ccc(/C=C\O/C=C(\C)c2ccccc2)cc1OC. The molecule has 0 N–H and O–H groups in total. The summed E-state index contributed by atoms with van der Waals surface area (Å²) in [4.78, 5) is 0. The number of hydrogen-bond donors (Lipinski definition) is 0. The predicted octanol–water partition coefficient (Wildman–Crippen LogP) is 4.75. The summed E-state index contributed by atoms with van der Waals surface area (Å²) in [5.41, 5.74) is 3.18. The second kappa shape index (κ2) is 7.93. The maximum atomic E-state index is 5.47. The quantitative estimate of drug-likeness (QED) is 0.720. The molecule has 2 aromatic carbocycles. The molecule has 0 radical (unpaired) electrons. The van der Waals surface area contributed by atoms with E-state index in [1.54, 1.807) is 26.7 Å². The Balaban J connectivity index is 2.01. The van der Waals surface area contributed by atoms with Crippen molar-refractivity contribution in [1.29, 1.82) is 0 Å². The molecule has 0 saturated heterocycles. The zero-order chi connectivity index (χ0) is 15.8. The average Bonchev–Trinajstić information content (AvgIpc) is 2.59. The van der Waals surface area contributed by atoms with E-state index in [4.69, 9.17) is 14.2 Å². The molecular weight excluding hydrogens is 276 g/mol. The summed E-state index contributed by atoms with van der Waals surface area (Å²) in [6.07, 6.45) is 5.25. The lowest BCUT2D eigenvalue weighted by atomic mass is 10.1. The minimum atomic E-state index is 0.695. The van der Waals surface area contributed by atoms with E-state index in [0.29, 0.717) is 11.5 Å². The molecule has 22 heavy (non-hydrogen) atoms. The Morgan fingerprint density at radius 1 is 0.909 bits per heavy atom. The van der Waals surface area contributed by atoms with Gasteiger partial charge in [-0.3, -0.25) is 0 Å². The van der Waals surface area contributed by atoms with Gasteiger partial charge in [0.05, 0.1) is 26.7 Å². The summed E-state index contributed by atoms with van der Waals surface area (Å²) in [5, 5.41) is 0. The zero-order valence-electron chi connectivity index (χ0n) is 13.1. The van der Waals surface area contributed by atoms with E-state index in [1.807, 2.05) is 61.5 Å². The highest BCUT2D eigenvalue weighted by Crippen LogP contribution is 2.28. The lowest BCUT2D eigenvalue weighted by Crippen LogP contribution is -1.90. The number of hydrogen-bond acceptors (Lipinski definition) is 3. The fraction of sp³-hybridized carbons (Fsp3) is 0.158. The zero-order valence-corrected chi connectivity index (χ0v) is 13.1. The molecule has 114 valence electrons. The maximum Gasteiger partial charge on any atom is 0.161 e. The first kappa shape index (κ1) is 15.7. The van der Waals surface area contributed by atoms with Gasteiger partial charge in [0.25, 0.3) is 0 Å². The van der Waals surface area contributed by atoms with Crippen molar-refractivity contribution < 1.29 is 14.2 Å². The van der Waals surface area contributed by atoms with Gasteiger partial charge in [-0.1, -0.05) is 36.4 Å². The van der Waals surface area contributed by atoms with Crippen LogP contribution in [0.3, 0.4) is 0 Å². The molecule has 0 heterocycles. The number of methoxy groups -OCH3 is 2. The Labute approximate surface area is 131 Å². The van der Waals surface area contributed by atoms with Crippen LogP contribution in [-0.2, 0) is 4.74 Å². The van der Waals surface area contributed by atoms with Crippen molar-refractivity contribution in [3.8, 4) is 11.5 Å². The number of ether oxygens (including phenoxy) is 3. The molecule has 2 aromatic rings. The maximum absolute atomic E-state index is 5.47. The van der Waals surface area contributed by atoms with Crippen LogP contribution in [-0.4, -0.2) is 14.2 Å². The molecule has 2 rings (SSSR count). The van der Waals surface area contributed by atoms with Crippen LogP contribution in [0.15, 0.2) is 61.1 Å². The first-order valence-corrected chi connectivity index (χ1v) is 7.01. The van der Waals surface area contributed by atoms with E-state index in [-0.39, 0.29) is 0 Å². The summed E-state index contributed by atoms with van der Waals surface area (Å²) in [6.45, 7) is 2.01. The predicted molar refractivity (Wildman–Crippen MR) is 89.8 cm³/mol. The molecule has 0 unspecified atom stereocenters. The fourth-order valence-corrected chi connectivity index (χ4v) is 1.98. The molecule has 0 aromatic heterocycles. The van der Waals surface area contributed by atoms with Gasteiger partial charge in [0, 0.05) is 0 Å². The Kier molecular flexibility index (Phi) is 5.66. The largest absolute Gasteiger partial charge is 0.493 e. The van der Waals surface area contributed by atoms with E-state index < -0.39 is 0 Å². The molecule has 3 heteroatoms. The van der Waals surface area contributed by atoms with Gasteiger partial charge in [-0.2, -0.15) is 0 Å². The van der Waals surface area contributed by atoms with Gasteiger partial charge in [-0.25, -0.2) is 0 Å². The second-order valence-corrected chi connectivity index (χ2v) is 4.72. The third-order valence-electron chi connectivity index (χ3n) is 3.22. The van der Waals surface area contributed by atoms with Gasteiger partial charge < -0.3 is 14.2 Å². The fourth-order valence-electron chi connectivity index (χ4n) is 1.98. The van der Waals surface area contributed by atoms with Crippen LogP contribution in [0.5, 0.6) is 11.5 Å². The molecule has 0 aliphatic heterocycles. The van der Waals surface area contributed by atoms with Crippen LogP contribution in [0.2, 0.25) is 0 Å². The third-order valence-corrected chi connectivity index (χ3v) is 3.22. The van der Waals surface area contributed by atoms with E-state index in [2.05, 4.69) is 0 Å². The summed E-state index contributed by atoms with van der Waals surface area (Å²) >= 11 is 0. The molecular formula is C19H20O3. The van der Waals surface area contributed by atoms with E-state index in [1.165, 1.54) is 0 Å². The summed E-state index contributed by atoms with van der Waals surface area (Å²) in [5.74, 6) is 1.40. The summed E-state index contributed by atoms with van der Waals surface area (Å²) < 4.78 is 15.9. The molecule has 0 atom stereocenters. The van der Waals surface area contributed by atoms with Crippen LogP contribution in [0.1, 0.15) is 18.1 Å². The van der Waals surface area contributed by atoms with Crippen LogP contribution in [0.4, 0.5) is 0 Å². The van der Waals surface area contributed by atoms with Crippen molar-refractivity contribution in [2.24, 2.45) is 0 Å². The lowest BCUT2D eigenvalue weighted by molar-refractivity contribution is 0.355. The molecule has 0 amide bonds. The standard InChI is InChI=1S/C19H20O3/c1-15(17-7-5-4-6-8-17)14-22-12-11-16-9-10-18(20-2)19(13-16)21-3/h4-14H,1-3H3/b12-11-,15-14+. The Hall–Kier alpha value is -2.68. The minimum Gasteiger partial charge on any atom is -0.493 e.